The van der Waals surface area contributed by atoms with E-state index in [0.29, 0.717) is 0 Å². The van der Waals surface area contributed by atoms with Crippen molar-refractivity contribution >= 4 is 0 Å². The third-order valence-electron chi connectivity index (χ3n) is 1.65. The second-order valence-corrected chi connectivity index (χ2v) is 2.84. The number of H-pyrrole nitrogens is 1. The van der Waals surface area contributed by atoms with Gasteiger partial charge in [-0.25, -0.2) is 0 Å². The SMILES string of the molecule is C#Cc1cc(C/C(C)=C/C=C)n[nH]1. The number of hydrogen-bond acceptors (Lipinski definition) is 1. The van der Waals surface area contributed by atoms with Crippen molar-refractivity contribution in [3.63, 3.8) is 0 Å². The minimum atomic E-state index is 0.724. The summed E-state index contributed by atoms with van der Waals surface area (Å²) in [5.41, 5.74) is 2.90. The van der Waals surface area contributed by atoms with Gasteiger partial charge in [0, 0.05) is 6.42 Å². The van der Waals surface area contributed by atoms with Crippen molar-refractivity contribution < 1.29 is 0 Å². The Morgan fingerprint density at radius 1 is 1.85 bits per heavy atom. The molecular weight excluding hydrogens is 160 g/mol. The maximum atomic E-state index is 5.20. The first kappa shape index (κ1) is 9.34. The van der Waals surface area contributed by atoms with Gasteiger partial charge in [-0.1, -0.05) is 30.2 Å². The van der Waals surface area contributed by atoms with Crippen LogP contribution in [0.3, 0.4) is 0 Å². The Hall–Kier alpha value is -1.75. The van der Waals surface area contributed by atoms with E-state index in [4.69, 9.17) is 6.42 Å². The fraction of sp³-hybridized carbons (Fsp3) is 0.182. The van der Waals surface area contributed by atoms with Gasteiger partial charge in [-0.2, -0.15) is 5.10 Å². The van der Waals surface area contributed by atoms with Crippen LogP contribution in [0.1, 0.15) is 18.3 Å². The Morgan fingerprint density at radius 3 is 3.15 bits per heavy atom. The van der Waals surface area contributed by atoms with Crippen LogP contribution in [0.5, 0.6) is 0 Å². The molecule has 0 amide bonds. The van der Waals surface area contributed by atoms with E-state index >= 15 is 0 Å². The van der Waals surface area contributed by atoms with Crippen LogP contribution < -0.4 is 0 Å². The van der Waals surface area contributed by atoms with Crippen molar-refractivity contribution in [2.75, 3.05) is 0 Å². The van der Waals surface area contributed by atoms with E-state index in [-0.39, 0.29) is 0 Å². The molecule has 1 rings (SSSR count). The van der Waals surface area contributed by atoms with Crippen molar-refractivity contribution in [3.05, 3.63) is 41.8 Å². The number of allylic oxidation sites excluding steroid dienone is 3. The molecule has 0 spiro atoms. The van der Waals surface area contributed by atoms with Crippen LogP contribution in [0, 0.1) is 12.3 Å². The van der Waals surface area contributed by atoms with Crippen molar-refractivity contribution in [1.29, 1.82) is 0 Å². The fourth-order valence-electron chi connectivity index (χ4n) is 1.07. The molecular formula is C11H12N2. The quantitative estimate of drug-likeness (QED) is 0.548. The van der Waals surface area contributed by atoms with Crippen LogP contribution in [0.25, 0.3) is 0 Å². The molecule has 0 aliphatic rings. The van der Waals surface area contributed by atoms with Crippen molar-refractivity contribution in [2.24, 2.45) is 0 Å². The lowest BCUT2D eigenvalue weighted by molar-refractivity contribution is 0.980. The molecule has 1 N–H and O–H groups in total. The second-order valence-electron chi connectivity index (χ2n) is 2.84. The third-order valence-corrected chi connectivity index (χ3v) is 1.65. The van der Waals surface area contributed by atoms with Gasteiger partial charge in [-0.15, -0.1) is 6.42 Å². The Bertz CT molecular complexity index is 364. The summed E-state index contributed by atoms with van der Waals surface area (Å²) in [7, 11) is 0. The Labute approximate surface area is 78.4 Å². The van der Waals surface area contributed by atoms with Gasteiger partial charge >= 0.3 is 0 Å². The highest BCUT2D eigenvalue weighted by molar-refractivity contribution is 5.27. The maximum absolute atomic E-state index is 5.20. The summed E-state index contributed by atoms with van der Waals surface area (Å²) in [5, 5.41) is 6.83. The predicted molar refractivity (Wildman–Crippen MR) is 54.2 cm³/mol. The predicted octanol–water partition coefficient (Wildman–Crippen LogP) is 2.07. The zero-order valence-electron chi connectivity index (χ0n) is 7.67. The summed E-state index contributed by atoms with van der Waals surface area (Å²) < 4.78 is 0. The Balaban J connectivity index is 2.70. The summed E-state index contributed by atoms with van der Waals surface area (Å²) in [6.07, 6.45) is 9.74. The first-order chi connectivity index (χ1) is 6.26. The molecule has 0 atom stereocenters. The Kier molecular flexibility index (Phi) is 3.10. The molecule has 2 heteroatoms. The van der Waals surface area contributed by atoms with E-state index in [0.717, 1.165) is 17.8 Å². The minimum Gasteiger partial charge on any atom is -0.270 e. The molecule has 13 heavy (non-hydrogen) atoms. The van der Waals surface area contributed by atoms with Gasteiger partial charge in [0.1, 0.15) is 5.69 Å². The van der Waals surface area contributed by atoms with Crippen molar-refractivity contribution in [2.45, 2.75) is 13.3 Å². The molecule has 0 aliphatic carbocycles. The first-order valence-corrected chi connectivity index (χ1v) is 4.05. The number of rotatable bonds is 3. The van der Waals surface area contributed by atoms with E-state index in [9.17, 15) is 0 Å². The summed E-state index contributed by atoms with van der Waals surface area (Å²) in [5.74, 6) is 2.49. The lowest BCUT2D eigenvalue weighted by atomic mass is 10.1. The van der Waals surface area contributed by atoms with Crippen LogP contribution in [-0.4, -0.2) is 10.2 Å². The summed E-state index contributed by atoms with van der Waals surface area (Å²) in [6.45, 7) is 5.66. The molecule has 2 nitrogen and oxygen atoms in total. The number of hydrogen-bond donors (Lipinski definition) is 1. The Morgan fingerprint density at radius 2 is 2.62 bits per heavy atom. The van der Waals surface area contributed by atoms with Crippen LogP contribution in [0.4, 0.5) is 0 Å². The van der Waals surface area contributed by atoms with Gasteiger partial charge in [0.15, 0.2) is 0 Å². The summed E-state index contributed by atoms with van der Waals surface area (Å²) >= 11 is 0. The molecule has 0 saturated carbocycles. The normalized spacial score (nSPS) is 10.9. The highest BCUT2D eigenvalue weighted by Gasteiger charge is 1.98. The molecule has 0 aromatic carbocycles. The zero-order valence-corrected chi connectivity index (χ0v) is 7.67. The number of terminal acetylenes is 1. The highest BCUT2D eigenvalue weighted by atomic mass is 15.1. The topological polar surface area (TPSA) is 28.7 Å². The first-order valence-electron chi connectivity index (χ1n) is 4.05. The standard InChI is InChI=1S/C11H12N2/c1-4-6-9(3)7-11-8-10(5-2)12-13-11/h2,4,6,8H,1,7H2,3H3,(H,12,13)/b9-6+. The van der Waals surface area contributed by atoms with E-state index in [2.05, 4.69) is 22.7 Å². The molecule has 1 aromatic rings. The van der Waals surface area contributed by atoms with Crippen LogP contribution in [-0.2, 0) is 6.42 Å². The van der Waals surface area contributed by atoms with Gasteiger partial charge in [-0.05, 0) is 13.0 Å². The summed E-state index contributed by atoms with van der Waals surface area (Å²) in [4.78, 5) is 0. The largest absolute Gasteiger partial charge is 0.270 e. The van der Waals surface area contributed by atoms with Crippen LogP contribution in [0.2, 0.25) is 0 Å². The van der Waals surface area contributed by atoms with Gasteiger partial charge in [0.05, 0.1) is 5.69 Å². The lowest BCUT2D eigenvalue weighted by Gasteiger charge is -1.93. The number of aromatic amines is 1. The van der Waals surface area contributed by atoms with Gasteiger partial charge in [0.2, 0.25) is 0 Å². The number of nitrogens with zero attached hydrogens (tertiary/aromatic N) is 1. The van der Waals surface area contributed by atoms with Crippen molar-refractivity contribution in [3.8, 4) is 12.3 Å². The van der Waals surface area contributed by atoms with E-state index in [1.165, 1.54) is 5.57 Å². The van der Waals surface area contributed by atoms with Crippen molar-refractivity contribution in [1.82, 2.24) is 10.2 Å². The number of nitrogens with one attached hydrogen (secondary N) is 1. The second kappa shape index (κ2) is 4.32. The van der Waals surface area contributed by atoms with Crippen LogP contribution >= 0.6 is 0 Å². The average Bonchev–Trinajstić information content (AvgIpc) is 2.52. The van der Waals surface area contributed by atoms with Crippen LogP contribution in [0.15, 0.2) is 30.4 Å². The van der Waals surface area contributed by atoms with Gasteiger partial charge in [-0.3, -0.25) is 5.10 Å². The minimum absolute atomic E-state index is 0.724. The molecule has 0 fully saturated rings. The summed E-state index contributed by atoms with van der Waals surface area (Å²) in [6, 6.07) is 1.88. The zero-order chi connectivity index (χ0) is 9.68. The van der Waals surface area contributed by atoms with E-state index in [1.54, 1.807) is 6.08 Å². The van der Waals surface area contributed by atoms with Gasteiger partial charge < -0.3 is 0 Å². The third kappa shape index (κ3) is 2.64. The van der Waals surface area contributed by atoms with Gasteiger partial charge in [0.25, 0.3) is 0 Å². The highest BCUT2D eigenvalue weighted by Crippen LogP contribution is 2.05. The molecule has 66 valence electrons. The molecule has 1 heterocycles. The molecule has 0 saturated heterocycles. The maximum Gasteiger partial charge on any atom is 0.107 e. The average molecular weight is 172 g/mol. The molecule has 0 aliphatic heterocycles. The number of aromatic nitrogens is 2. The smallest absolute Gasteiger partial charge is 0.107 e. The van der Waals surface area contributed by atoms with E-state index < -0.39 is 0 Å². The molecule has 0 radical (unpaired) electrons. The monoisotopic (exact) mass is 172 g/mol. The molecule has 1 aromatic heterocycles. The molecule has 0 unspecified atom stereocenters. The fourth-order valence-corrected chi connectivity index (χ4v) is 1.07. The molecule has 0 bridgehead atoms. The lowest BCUT2D eigenvalue weighted by Crippen LogP contribution is -1.86. The van der Waals surface area contributed by atoms with E-state index in [1.807, 2.05) is 19.1 Å².